The van der Waals surface area contributed by atoms with Crippen molar-refractivity contribution in [1.82, 2.24) is 5.32 Å². The van der Waals surface area contributed by atoms with Crippen LogP contribution in [-0.2, 0) is 20.7 Å². The molecule has 27 heavy (non-hydrogen) atoms. The van der Waals surface area contributed by atoms with E-state index in [4.69, 9.17) is 9.47 Å². The molecular formula is C22H29NO4. The van der Waals surface area contributed by atoms with Gasteiger partial charge in [-0.3, -0.25) is 4.79 Å². The van der Waals surface area contributed by atoms with Gasteiger partial charge in [-0.2, -0.15) is 0 Å². The molecule has 0 radical (unpaired) electrons. The van der Waals surface area contributed by atoms with Crippen molar-refractivity contribution in [3.8, 4) is 5.75 Å². The number of phenolic OH excluding ortho intramolecular Hbond substituents is 1. The van der Waals surface area contributed by atoms with E-state index in [0.717, 1.165) is 37.7 Å². The molecule has 146 valence electrons. The number of carbonyl (C=O) groups excluding carboxylic acids is 1. The SMILES string of the molecule is C/C1=C\CC[C@@]2(C)O[C@@H]2[C@H]2OC(=O)[C@@H](NCCc3ccc(O)cc3)[C@@H]2CC1. The van der Waals surface area contributed by atoms with Crippen LogP contribution in [0.2, 0.25) is 0 Å². The van der Waals surface area contributed by atoms with Crippen LogP contribution in [0.3, 0.4) is 0 Å². The highest BCUT2D eigenvalue weighted by Gasteiger charge is 2.62. The van der Waals surface area contributed by atoms with E-state index in [9.17, 15) is 9.90 Å². The smallest absolute Gasteiger partial charge is 0.323 e. The molecule has 0 saturated carbocycles. The lowest BCUT2D eigenvalue weighted by Crippen LogP contribution is -2.42. The Bertz CT molecular complexity index is 728. The second kappa shape index (κ2) is 7.28. The summed E-state index contributed by atoms with van der Waals surface area (Å²) in [7, 11) is 0. The van der Waals surface area contributed by atoms with Gasteiger partial charge >= 0.3 is 5.97 Å². The standard InChI is InChI=1S/C22H29NO4/c1-14-4-3-12-22(2)20(27-22)19-17(10-5-14)18(21(25)26-19)23-13-11-15-6-8-16(24)9-7-15/h4,6-9,17-20,23-24H,3,5,10-13H2,1-2H3/b14-4+/t17-,18-,19-,20+,22+/m0/s1. The molecule has 2 heterocycles. The van der Waals surface area contributed by atoms with Crippen molar-refractivity contribution in [1.29, 1.82) is 0 Å². The van der Waals surface area contributed by atoms with Crippen molar-refractivity contribution in [3.05, 3.63) is 41.5 Å². The topological polar surface area (TPSA) is 71.1 Å². The maximum absolute atomic E-state index is 12.6. The molecule has 0 aromatic heterocycles. The molecule has 1 aliphatic carbocycles. The highest BCUT2D eigenvalue weighted by molar-refractivity contribution is 5.79. The number of rotatable bonds is 4. The Morgan fingerprint density at radius 1 is 1.30 bits per heavy atom. The molecule has 2 aliphatic heterocycles. The van der Waals surface area contributed by atoms with Gasteiger partial charge < -0.3 is 19.9 Å². The summed E-state index contributed by atoms with van der Waals surface area (Å²) in [6, 6.07) is 6.93. The van der Waals surface area contributed by atoms with Crippen molar-refractivity contribution in [2.45, 2.75) is 69.8 Å². The molecule has 2 N–H and O–H groups in total. The summed E-state index contributed by atoms with van der Waals surface area (Å²) in [5.74, 6) is 0.270. The lowest BCUT2D eigenvalue weighted by atomic mass is 9.83. The average molecular weight is 371 g/mol. The molecular weight excluding hydrogens is 342 g/mol. The Kier molecular flexibility index (Phi) is 4.99. The lowest BCUT2D eigenvalue weighted by molar-refractivity contribution is -0.143. The van der Waals surface area contributed by atoms with E-state index < -0.39 is 0 Å². The Hall–Kier alpha value is -1.85. The number of carbonyl (C=O) groups is 1. The predicted molar refractivity (Wildman–Crippen MR) is 102 cm³/mol. The minimum atomic E-state index is -0.271. The third-order valence-electron chi connectivity index (χ3n) is 6.32. The third kappa shape index (κ3) is 3.90. The van der Waals surface area contributed by atoms with E-state index in [-0.39, 0.29) is 41.5 Å². The van der Waals surface area contributed by atoms with Crippen molar-refractivity contribution >= 4 is 5.97 Å². The zero-order chi connectivity index (χ0) is 19.0. The fraction of sp³-hybridized carbons (Fsp3) is 0.591. The second-order valence-corrected chi connectivity index (χ2v) is 8.39. The zero-order valence-corrected chi connectivity index (χ0v) is 16.1. The first-order valence-electron chi connectivity index (χ1n) is 10.0. The van der Waals surface area contributed by atoms with E-state index in [1.165, 1.54) is 5.57 Å². The van der Waals surface area contributed by atoms with Crippen LogP contribution in [0.25, 0.3) is 0 Å². The Balaban J connectivity index is 1.43. The molecule has 5 heteroatoms. The van der Waals surface area contributed by atoms with Gasteiger partial charge in [-0.05, 0) is 70.2 Å². The van der Waals surface area contributed by atoms with Gasteiger partial charge in [0.25, 0.3) is 0 Å². The van der Waals surface area contributed by atoms with Gasteiger partial charge in [-0.15, -0.1) is 0 Å². The van der Waals surface area contributed by atoms with Gasteiger partial charge in [0.15, 0.2) is 0 Å². The Labute approximate surface area is 160 Å². The van der Waals surface area contributed by atoms with E-state index in [1.807, 2.05) is 12.1 Å². The lowest BCUT2D eigenvalue weighted by Gasteiger charge is -2.22. The summed E-state index contributed by atoms with van der Waals surface area (Å²) >= 11 is 0. The average Bonchev–Trinajstić information content (AvgIpc) is 3.20. The van der Waals surface area contributed by atoms with Gasteiger partial charge in [0.05, 0.1) is 5.60 Å². The summed E-state index contributed by atoms with van der Waals surface area (Å²) < 4.78 is 11.8. The maximum atomic E-state index is 12.6. The molecule has 1 aromatic rings. The van der Waals surface area contributed by atoms with E-state index in [2.05, 4.69) is 25.2 Å². The molecule has 0 spiro atoms. The molecule has 2 fully saturated rings. The van der Waals surface area contributed by atoms with Crippen LogP contribution in [0.15, 0.2) is 35.9 Å². The van der Waals surface area contributed by atoms with Gasteiger partial charge in [-0.25, -0.2) is 0 Å². The largest absolute Gasteiger partial charge is 0.508 e. The predicted octanol–water partition coefficient (Wildman–Crippen LogP) is 3.11. The van der Waals surface area contributed by atoms with E-state index >= 15 is 0 Å². The van der Waals surface area contributed by atoms with Gasteiger partial charge in [-0.1, -0.05) is 23.8 Å². The van der Waals surface area contributed by atoms with Crippen molar-refractivity contribution in [3.63, 3.8) is 0 Å². The maximum Gasteiger partial charge on any atom is 0.323 e. The molecule has 0 unspecified atom stereocenters. The van der Waals surface area contributed by atoms with Crippen molar-refractivity contribution in [2.24, 2.45) is 5.92 Å². The number of benzene rings is 1. The number of nitrogens with one attached hydrogen (secondary N) is 1. The Morgan fingerprint density at radius 3 is 2.85 bits per heavy atom. The molecule has 5 atom stereocenters. The van der Waals surface area contributed by atoms with Gasteiger partial charge in [0.2, 0.25) is 0 Å². The number of phenols is 1. The van der Waals surface area contributed by atoms with Crippen LogP contribution in [0.4, 0.5) is 0 Å². The first kappa shape index (κ1) is 18.5. The second-order valence-electron chi connectivity index (χ2n) is 8.39. The van der Waals surface area contributed by atoms with Gasteiger partial charge in [0.1, 0.15) is 24.0 Å². The minimum Gasteiger partial charge on any atom is -0.508 e. The van der Waals surface area contributed by atoms with Crippen molar-refractivity contribution in [2.75, 3.05) is 6.54 Å². The number of allylic oxidation sites excluding steroid dienone is 2. The molecule has 3 aliphatic rings. The number of hydrogen-bond acceptors (Lipinski definition) is 5. The number of aromatic hydroxyl groups is 1. The highest BCUT2D eigenvalue weighted by Crippen LogP contribution is 2.48. The number of ether oxygens (including phenoxy) is 2. The quantitative estimate of drug-likeness (QED) is 0.483. The summed E-state index contributed by atoms with van der Waals surface area (Å²) in [5.41, 5.74) is 2.36. The monoisotopic (exact) mass is 371 g/mol. The zero-order valence-electron chi connectivity index (χ0n) is 16.1. The third-order valence-corrected chi connectivity index (χ3v) is 6.32. The van der Waals surface area contributed by atoms with Crippen LogP contribution in [0.5, 0.6) is 5.75 Å². The molecule has 2 saturated heterocycles. The summed E-state index contributed by atoms with van der Waals surface area (Å²) in [4.78, 5) is 12.6. The Morgan fingerprint density at radius 2 is 2.07 bits per heavy atom. The van der Waals surface area contributed by atoms with E-state index in [0.29, 0.717) is 6.54 Å². The number of esters is 1. The molecule has 4 rings (SSSR count). The molecule has 1 aromatic carbocycles. The first-order chi connectivity index (χ1) is 13.0. The summed E-state index contributed by atoms with van der Waals surface area (Å²) in [6.07, 6.45) is 6.95. The van der Waals surface area contributed by atoms with Crippen LogP contribution in [0.1, 0.15) is 45.1 Å². The van der Waals surface area contributed by atoms with Crippen LogP contribution in [-0.4, -0.2) is 41.5 Å². The minimum absolute atomic E-state index is 0.0298. The molecule has 0 bridgehead atoms. The number of hydrogen-bond donors (Lipinski definition) is 2. The van der Waals surface area contributed by atoms with E-state index in [1.54, 1.807) is 12.1 Å². The van der Waals surface area contributed by atoms with Crippen LogP contribution in [0, 0.1) is 5.92 Å². The van der Waals surface area contributed by atoms with Crippen molar-refractivity contribution < 1.29 is 19.4 Å². The fourth-order valence-corrected chi connectivity index (χ4v) is 4.52. The molecule has 0 amide bonds. The number of fused-ring (bicyclic) bond motifs is 3. The summed E-state index contributed by atoms with van der Waals surface area (Å²) in [6.45, 7) is 5.01. The van der Waals surface area contributed by atoms with Gasteiger partial charge in [0, 0.05) is 5.92 Å². The highest BCUT2D eigenvalue weighted by atomic mass is 16.6. The van der Waals surface area contributed by atoms with Crippen LogP contribution >= 0.6 is 0 Å². The van der Waals surface area contributed by atoms with Crippen LogP contribution < -0.4 is 5.32 Å². The normalized spacial score (nSPS) is 37.6. The fourth-order valence-electron chi connectivity index (χ4n) is 4.52. The molecule has 5 nitrogen and oxygen atoms in total. The summed E-state index contributed by atoms with van der Waals surface area (Å²) in [5, 5.41) is 12.8. The first-order valence-corrected chi connectivity index (χ1v) is 10.0. The number of epoxide rings is 1.